The van der Waals surface area contributed by atoms with E-state index in [0.29, 0.717) is 41.1 Å². The number of nitrogens with zero attached hydrogens (tertiary/aromatic N) is 2. The molecule has 0 spiro atoms. The fraction of sp³-hybridized carbons (Fsp3) is 0.625. The van der Waals surface area contributed by atoms with Gasteiger partial charge in [0.05, 0.1) is 19.8 Å². The van der Waals surface area contributed by atoms with E-state index in [1.807, 2.05) is 30.3 Å². The number of aryl methyl sites for hydroxylation is 1. The number of rotatable bonds is 8. The smallest absolute Gasteiger partial charge is 0.261 e. The molecule has 2 aromatic rings. The first-order valence-electron chi connectivity index (χ1n) is 18.6. The molecular formula is C40H59ClN4O3S. The number of halogens is 1. The van der Waals surface area contributed by atoms with Gasteiger partial charge in [0, 0.05) is 67.6 Å². The maximum atomic E-state index is 13.0. The third-order valence-electron chi connectivity index (χ3n) is 10.9. The molecule has 6 rings (SSSR count). The number of nitrogens with one attached hydrogen (secondary N) is 2. The Morgan fingerprint density at radius 3 is 2.59 bits per heavy atom. The Hall–Kier alpha value is -2.07. The van der Waals surface area contributed by atoms with E-state index in [9.17, 15) is 4.79 Å². The second kappa shape index (κ2) is 19.5. The molecule has 0 aromatic heterocycles. The van der Waals surface area contributed by atoms with Crippen LogP contribution in [0.5, 0.6) is 5.75 Å². The van der Waals surface area contributed by atoms with Crippen LogP contribution in [0.15, 0.2) is 54.6 Å². The summed E-state index contributed by atoms with van der Waals surface area (Å²) in [4.78, 5) is 18.1. The second-order valence-corrected chi connectivity index (χ2v) is 16.2. The van der Waals surface area contributed by atoms with Gasteiger partial charge in [-0.2, -0.15) is 0 Å². The molecule has 2 bridgehead atoms. The summed E-state index contributed by atoms with van der Waals surface area (Å²) in [6.07, 6.45) is 10.6. The highest BCUT2D eigenvalue weighted by Gasteiger charge is 2.36. The van der Waals surface area contributed by atoms with Gasteiger partial charge in [0.1, 0.15) is 5.75 Å². The van der Waals surface area contributed by atoms with Crippen molar-refractivity contribution in [1.29, 1.82) is 0 Å². The predicted molar refractivity (Wildman–Crippen MR) is 205 cm³/mol. The largest absolute Gasteiger partial charge is 0.493 e. The molecule has 9 heteroatoms. The van der Waals surface area contributed by atoms with Crippen molar-refractivity contribution in [2.45, 2.75) is 64.0 Å². The van der Waals surface area contributed by atoms with Crippen LogP contribution in [0.25, 0.3) is 0 Å². The summed E-state index contributed by atoms with van der Waals surface area (Å²) < 4.78 is 15.1. The van der Waals surface area contributed by atoms with Gasteiger partial charge >= 0.3 is 0 Å². The molecule has 1 amide bonds. The molecule has 1 saturated carbocycles. The SMILES string of the molecule is CCCc1cc(Cl)ccc1C1COc2ccc(cc2)C(=O)NSC(C)C(C)C/C=C/C(CNCCN2CCOCC2)C2CCC2CN(C)C1. The summed E-state index contributed by atoms with van der Waals surface area (Å²) in [7, 11) is 2.28. The monoisotopic (exact) mass is 710 g/mol. The zero-order valence-corrected chi connectivity index (χ0v) is 31.7. The standard InChI is InChI=1S/C40H59ClN4O3S/c1-5-7-32-24-36(41)13-17-38(32)35-27-44(4)26-34-12-16-39(34)33(25-42-18-19-45-20-22-47-23-21-45)9-6-8-29(2)30(3)49-43-40(46)31-10-14-37(15-11-31)48-28-35/h6,9-11,13-15,17,24,29-30,33-35,39,42H,5,7-8,12,16,18-23,25-28H2,1-4H3,(H,43,46)/b9-6+. The maximum Gasteiger partial charge on any atom is 0.261 e. The van der Waals surface area contributed by atoms with E-state index in [1.54, 1.807) is 0 Å². The van der Waals surface area contributed by atoms with Crippen LogP contribution >= 0.6 is 23.5 Å². The topological polar surface area (TPSA) is 66.1 Å². The van der Waals surface area contributed by atoms with Gasteiger partial charge < -0.3 is 19.7 Å². The highest BCUT2D eigenvalue weighted by molar-refractivity contribution is 7.98. The van der Waals surface area contributed by atoms with Crippen LogP contribution in [-0.2, 0) is 11.2 Å². The summed E-state index contributed by atoms with van der Waals surface area (Å²) in [6.45, 7) is 16.1. The quantitative estimate of drug-likeness (QED) is 0.169. The van der Waals surface area contributed by atoms with Gasteiger partial charge in [-0.05, 0) is 116 Å². The average molecular weight is 711 g/mol. The number of allylic oxidation sites excluding steroid dienone is 1. The fourth-order valence-corrected chi connectivity index (χ4v) is 8.46. The van der Waals surface area contributed by atoms with Gasteiger partial charge in [-0.15, -0.1) is 0 Å². The number of carbonyl (C=O) groups is 1. The molecule has 2 aromatic carbocycles. The molecule has 3 aliphatic heterocycles. The third kappa shape index (κ3) is 11.5. The molecular weight excluding hydrogens is 652 g/mol. The van der Waals surface area contributed by atoms with E-state index in [0.717, 1.165) is 89.1 Å². The number of ether oxygens (including phenoxy) is 2. The molecule has 1 aliphatic carbocycles. The third-order valence-corrected chi connectivity index (χ3v) is 12.2. The number of hydrogen-bond acceptors (Lipinski definition) is 7. The minimum Gasteiger partial charge on any atom is -0.493 e. The summed E-state index contributed by atoms with van der Waals surface area (Å²) in [5.74, 6) is 3.19. The van der Waals surface area contributed by atoms with E-state index in [1.165, 1.54) is 35.9 Å². The maximum absolute atomic E-state index is 13.0. The van der Waals surface area contributed by atoms with Crippen LogP contribution in [0.1, 0.15) is 73.9 Å². The molecule has 49 heavy (non-hydrogen) atoms. The van der Waals surface area contributed by atoms with E-state index in [2.05, 4.69) is 71.9 Å². The van der Waals surface area contributed by atoms with Crippen molar-refractivity contribution in [3.05, 3.63) is 76.3 Å². The lowest BCUT2D eigenvalue weighted by Gasteiger charge is -2.43. The van der Waals surface area contributed by atoms with E-state index in [4.69, 9.17) is 21.1 Å². The number of fused-ring (bicyclic) bond motifs is 14. The Kier molecular flexibility index (Phi) is 15.2. The van der Waals surface area contributed by atoms with Gasteiger partial charge in [0.2, 0.25) is 0 Å². The van der Waals surface area contributed by atoms with Crippen molar-refractivity contribution >= 4 is 29.5 Å². The molecule has 0 radical (unpaired) electrons. The summed E-state index contributed by atoms with van der Waals surface area (Å²) in [5, 5.41) is 4.91. The molecule has 4 aliphatic rings. The van der Waals surface area contributed by atoms with Gasteiger partial charge in [0.15, 0.2) is 0 Å². The van der Waals surface area contributed by atoms with Crippen molar-refractivity contribution in [1.82, 2.24) is 19.8 Å². The van der Waals surface area contributed by atoms with Crippen molar-refractivity contribution in [2.24, 2.45) is 23.7 Å². The first-order valence-corrected chi connectivity index (χ1v) is 19.9. The van der Waals surface area contributed by atoms with Crippen molar-refractivity contribution in [2.75, 3.05) is 72.7 Å². The number of carbonyl (C=O) groups excluding carboxylic acids is 1. The van der Waals surface area contributed by atoms with Gasteiger partial charge in [0.25, 0.3) is 5.91 Å². The predicted octanol–water partition coefficient (Wildman–Crippen LogP) is 7.31. The normalized spacial score (nSPS) is 28.8. The summed E-state index contributed by atoms with van der Waals surface area (Å²) >= 11 is 8.01. The van der Waals surface area contributed by atoms with E-state index >= 15 is 0 Å². The van der Waals surface area contributed by atoms with Crippen molar-refractivity contribution in [3.63, 3.8) is 0 Å². The second-order valence-electron chi connectivity index (χ2n) is 14.6. The summed E-state index contributed by atoms with van der Waals surface area (Å²) in [5.41, 5.74) is 3.28. The lowest BCUT2D eigenvalue weighted by atomic mass is 9.66. The zero-order chi connectivity index (χ0) is 34.6. The highest BCUT2D eigenvalue weighted by atomic mass is 35.5. The molecule has 2 fully saturated rings. The average Bonchev–Trinajstić information content (AvgIpc) is 3.09. The van der Waals surface area contributed by atoms with Crippen LogP contribution < -0.4 is 14.8 Å². The molecule has 2 N–H and O–H groups in total. The Labute approximate surface area is 305 Å². The van der Waals surface area contributed by atoms with Gasteiger partial charge in [-0.25, -0.2) is 0 Å². The Morgan fingerprint density at radius 2 is 1.86 bits per heavy atom. The summed E-state index contributed by atoms with van der Waals surface area (Å²) in [6, 6.07) is 13.9. The van der Waals surface area contributed by atoms with Crippen LogP contribution in [0.3, 0.4) is 0 Å². The first kappa shape index (κ1) is 38.2. The van der Waals surface area contributed by atoms with Crippen LogP contribution in [0, 0.1) is 23.7 Å². The molecule has 7 nitrogen and oxygen atoms in total. The van der Waals surface area contributed by atoms with Crippen molar-refractivity contribution in [3.8, 4) is 5.75 Å². The Balaban J connectivity index is 1.33. The Morgan fingerprint density at radius 1 is 1.06 bits per heavy atom. The van der Waals surface area contributed by atoms with Crippen LogP contribution in [-0.4, -0.2) is 93.6 Å². The molecule has 1 saturated heterocycles. The molecule has 3 heterocycles. The number of likely N-dealkylation sites (N-methyl/N-ethyl adjacent to an activating group) is 1. The number of amides is 1. The van der Waals surface area contributed by atoms with Crippen LogP contribution in [0.2, 0.25) is 5.02 Å². The lowest BCUT2D eigenvalue weighted by Crippen LogP contribution is -2.44. The van der Waals surface area contributed by atoms with Gasteiger partial charge in [-0.3, -0.25) is 14.4 Å². The Bertz CT molecular complexity index is 1340. The molecule has 6 unspecified atom stereocenters. The number of morpholine rings is 1. The minimum absolute atomic E-state index is 0.0684. The number of benzene rings is 2. The van der Waals surface area contributed by atoms with Crippen LogP contribution in [0.4, 0.5) is 0 Å². The lowest BCUT2D eigenvalue weighted by molar-refractivity contribution is 0.0379. The minimum atomic E-state index is -0.0684. The fourth-order valence-electron chi connectivity index (χ4n) is 7.51. The number of hydrogen-bond donors (Lipinski definition) is 2. The van der Waals surface area contributed by atoms with Crippen molar-refractivity contribution < 1.29 is 14.3 Å². The molecule has 6 atom stereocenters. The van der Waals surface area contributed by atoms with E-state index in [-0.39, 0.29) is 11.8 Å². The first-order chi connectivity index (χ1) is 23.8. The molecule has 270 valence electrons. The van der Waals surface area contributed by atoms with E-state index < -0.39 is 0 Å². The highest BCUT2D eigenvalue weighted by Crippen LogP contribution is 2.41. The van der Waals surface area contributed by atoms with Gasteiger partial charge in [-0.1, -0.05) is 57.0 Å². The zero-order valence-electron chi connectivity index (χ0n) is 30.2.